The maximum atomic E-state index is 14.1. The Balaban J connectivity index is 2.08. The van der Waals surface area contributed by atoms with Gasteiger partial charge in [0.05, 0.1) is 12.2 Å². The number of hydrazine groups is 1. The van der Waals surface area contributed by atoms with Gasteiger partial charge in [-0.2, -0.15) is 0 Å². The minimum absolute atomic E-state index is 0.0554. The summed E-state index contributed by atoms with van der Waals surface area (Å²) in [5, 5.41) is 13.2. The van der Waals surface area contributed by atoms with Crippen LogP contribution in [0.1, 0.15) is 19.4 Å². The van der Waals surface area contributed by atoms with E-state index < -0.39 is 23.1 Å². The predicted octanol–water partition coefficient (Wildman–Crippen LogP) is 3.95. The molecule has 25 heavy (non-hydrogen) atoms. The van der Waals surface area contributed by atoms with Crippen LogP contribution in [0.5, 0.6) is 0 Å². The van der Waals surface area contributed by atoms with E-state index in [0.29, 0.717) is 5.69 Å². The molecule has 0 fully saturated rings. The molecular weight excluding hydrogens is 326 g/mol. The van der Waals surface area contributed by atoms with E-state index in [9.17, 15) is 18.7 Å². The number of carbonyl (C=O) groups excluding carboxylic acids is 1. The summed E-state index contributed by atoms with van der Waals surface area (Å²) in [6.07, 6.45) is 1.11. The van der Waals surface area contributed by atoms with Gasteiger partial charge in [-0.3, -0.25) is 9.80 Å². The predicted molar refractivity (Wildman–Crippen MR) is 90.6 cm³/mol. The number of halogens is 2. The van der Waals surface area contributed by atoms with E-state index in [4.69, 9.17) is 0 Å². The van der Waals surface area contributed by atoms with Gasteiger partial charge in [-0.1, -0.05) is 30.3 Å². The zero-order valence-corrected chi connectivity index (χ0v) is 13.9. The van der Waals surface area contributed by atoms with E-state index in [-0.39, 0.29) is 17.9 Å². The van der Waals surface area contributed by atoms with Gasteiger partial charge >= 0.3 is 0 Å². The zero-order chi connectivity index (χ0) is 18.2. The second-order valence-corrected chi connectivity index (χ2v) is 6.34. The van der Waals surface area contributed by atoms with E-state index in [1.165, 1.54) is 17.1 Å². The Labute approximate surface area is 144 Å². The first-order valence-electron chi connectivity index (χ1n) is 7.83. The quantitative estimate of drug-likeness (QED) is 0.917. The molecule has 2 aromatic carbocycles. The van der Waals surface area contributed by atoms with E-state index in [2.05, 4.69) is 0 Å². The number of nitrogens with zero attached hydrogens (tertiary/aromatic N) is 2. The van der Waals surface area contributed by atoms with Crippen molar-refractivity contribution >= 4 is 11.6 Å². The molecule has 1 heterocycles. The van der Waals surface area contributed by atoms with Crippen LogP contribution in [0.4, 0.5) is 14.5 Å². The Hall–Kier alpha value is -2.89. The number of para-hydroxylation sites is 1. The third kappa shape index (κ3) is 2.95. The number of anilines is 1. The SMILES string of the molecule is CC1(C)C(O)=CC(=O)N(Cc2cccc(F)c2F)N1c1ccccc1. The molecule has 0 radical (unpaired) electrons. The summed E-state index contributed by atoms with van der Waals surface area (Å²) >= 11 is 0. The molecule has 0 aromatic heterocycles. The second kappa shape index (κ2) is 6.20. The van der Waals surface area contributed by atoms with Crippen LogP contribution >= 0.6 is 0 Å². The average Bonchev–Trinajstić information content (AvgIpc) is 2.57. The van der Waals surface area contributed by atoms with Crippen molar-refractivity contribution in [3.8, 4) is 0 Å². The van der Waals surface area contributed by atoms with Crippen molar-refractivity contribution in [1.29, 1.82) is 0 Å². The first kappa shape index (κ1) is 17.0. The minimum Gasteiger partial charge on any atom is -0.510 e. The van der Waals surface area contributed by atoms with Crippen molar-refractivity contribution in [2.45, 2.75) is 25.9 Å². The standard InChI is InChI=1S/C19H18F2N2O2/c1-19(2)16(24)11-17(25)22(23(19)14-8-4-3-5-9-14)12-13-7-6-10-15(20)18(13)21/h3-11,24H,12H2,1-2H3. The first-order valence-corrected chi connectivity index (χ1v) is 7.83. The maximum absolute atomic E-state index is 14.1. The molecule has 1 aliphatic rings. The summed E-state index contributed by atoms with van der Waals surface area (Å²) in [5.41, 5.74) is -0.226. The van der Waals surface area contributed by atoms with E-state index >= 15 is 0 Å². The molecule has 4 nitrogen and oxygen atoms in total. The van der Waals surface area contributed by atoms with Gasteiger partial charge in [-0.25, -0.2) is 13.8 Å². The van der Waals surface area contributed by atoms with Crippen molar-refractivity contribution in [2.75, 3.05) is 5.01 Å². The van der Waals surface area contributed by atoms with Gasteiger partial charge in [0.15, 0.2) is 11.6 Å². The molecule has 0 spiro atoms. The molecule has 0 saturated carbocycles. The van der Waals surface area contributed by atoms with Gasteiger partial charge in [0.2, 0.25) is 0 Å². The number of amides is 1. The summed E-state index contributed by atoms with van der Waals surface area (Å²) in [4.78, 5) is 12.5. The van der Waals surface area contributed by atoms with E-state index in [1.807, 2.05) is 6.07 Å². The monoisotopic (exact) mass is 344 g/mol. The normalized spacial score (nSPS) is 16.8. The number of hydrogen-bond acceptors (Lipinski definition) is 3. The van der Waals surface area contributed by atoms with Gasteiger partial charge in [0, 0.05) is 11.6 Å². The van der Waals surface area contributed by atoms with Crippen LogP contribution in [0.15, 0.2) is 60.4 Å². The van der Waals surface area contributed by atoms with Crippen LogP contribution in [-0.2, 0) is 11.3 Å². The van der Waals surface area contributed by atoms with E-state index in [1.54, 1.807) is 43.1 Å². The van der Waals surface area contributed by atoms with Crippen LogP contribution in [0.2, 0.25) is 0 Å². The van der Waals surface area contributed by atoms with Crippen LogP contribution in [-0.4, -0.2) is 21.6 Å². The van der Waals surface area contributed by atoms with Crippen molar-refractivity contribution in [3.05, 3.63) is 77.6 Å². The fraction of sp³-hybridized carbons (Fsp3) is 0.211. The summed E-state index contributed by atoms with van der Waals surface area (Å²) < 4.78 is 27.6. The van der Waals surface area contributed by atoms with Crippen LogP contribution in [0.3, 0.4) is 0 Å². The number of benzene rings is 2. The number of hydrogen-bond donors (Lipinski definition) is 1. The highest BCUT2D eigenvalue weighted by Gasteiger charge is 2.42. The average molecular weight is 344 g/mol. The topological polar surface area (TPSA) is 43.8 Å². The molecule has 0 bridgehead atoms. The second-order valence-electron chi connectivity index (χ2n) is 6.34. The Morgan fingerprint density at radius 2 is 1.72 bits per heavy atom. The molecule has 1 N–H and O–H groups in total. The molecule has 0 atom stereocenters. The highest BCUT2D eigenvalue weighted by molar-refractivity contribution is 5.91. The Bertz CT molecular complexity index is 835. The van der Waals surface area contributed by atoms with Crippen molar-refractivity contribution in [1.82, 2.24) is 5.01 Å². The maximum Gasteiger partial charge on any atom is 0.268 e. The lowest BCUT2D eigenvalue weighted by atomic mass is 9.97. The van der Waals surface area contributed by atoms with Crippen LogP contribution in [0, 0.1) is 11.6 Å². The molecule has 6 heteroatoms. The van der Waals surface area contributed by atoms with Gasteiger partial charge in [0.1, 0.15) is 11.3 Å². The zero-order valence-electron chi connectivity index (χ0n) is 13.9. The fourth-order valence-electron chi connectivity index (χ4n) is 2.89. The molecule has 3 rings (SSSR count). The Morgan fingerprint density at radius 1 is 1.04 bits per heavy atom. The van der Waals surface area contributed by atoms with Gasteiger partial charge < -0.3 is 5.11 Å². The largest absolute Gasteiger partial charge is 0.510 e. The fourth-order valence-corrected chi connectivity index (χ4v) is 2.89. The number of aliphatic hydroxyl groups is 1. The molecule has 0 aliphatic carbocycles. The van der Waals surface area contributed by atoms with Crippen molar-refractivity contribution < 1.29 is 18.7 Å². The third-order valence-corrected chi connectivity index (χ3v) is 4.26. The molecule has 1 amide bonds. The molecular formula is C19H18F2N2O2. The number of carbonyl (C=O) groups is 1. The lowest BCUT2D eigenvalue weighted by Crippen LogP contribution is -2.60. The Morgan fingerprint density at radius 3 is 2.40 bits per heavy atom. The minimum atomic E-state index is -0.986. The summed E-state index contributed by atoms with van der Waals surface area (Å²) in [7, 11) is 0. The lowest BCUT2D eigenvalue weighted by Gasteiger charge is -2.48. The van der Waals surface area contributed by atoms with E-state index in [0.717, 1.165) is 12.1 Å². The third-order valence-electron chi connectivity index (χ3n) is 4.26. The summed E-state index contributed by atoms with van der Waals surface area (Å²) in [6.45, 7) is 3.32. The van der Waals surface area contributed by atoms with Crippen LogP contribution < -0.4 is 5.01 Å². The molecule has 0 unspecified atom stereocenters. The van der Waals surface area contributed by atoms with Crippen molar-refractivity contribution in [3.63, 3.8) is 0 Å². The molecule has 130 valence electrons. The molecule has 0 saturated heterocycles. The van der Waals surface area contributed by atoms with Crippen molar-refractivity contribution in [2.24, 2.45) is 0 Å². The molecule has 1 aliphatic heterocycles. The number of aliphatic hydroxyl groups excluding tert-OH is 1. The van der Waals surface area contributed by atoms with Crippen LogP contribution in [0.25, 0.3) is 0 Å². The lowest BCUT2D eigenvalue weighted by molar-refractivity contribution is -0.129. The van der Waals surface area contributed by atoms with Gasteiger partial charge in [0.25, 0.3) is 5.91 Å². The van der Waals surface area contributed by atoms with Gasteiger partial charge in [-0.15, -0.1) is 0 Å². The highest BCUT2D eigenvalue weighted by Crippen LogP contribution is 2.35. The molecule has 2 aromatic rings. The van der Waals surface area contributed by atoms with Gasteiger partial charge in [-0.05, 0) is 32.0 Å². The smallest absolute Gasteiger partial charge is 0.268 e. The highest BCUT2D eigenvalue weighted by atomic mass is 19.2. The summed E-state index contributed by atoms with van der Waals surface area (Å²) in [5.74, 6) is -2.56. The Kier molecular flexibility index (Phi) is 4.20. The number of rotatable bonds is 3. The first-order chi connectivity index (χ1) is 11.8. The summed E-state index contributed by atoms with van der Waals surface area (Å²) in [6, 6.07) is 12.8.